The molecule has 0 radical (unpaired) electrons. The van der Waals surface area contributed by atoms with E-state index in [-0.39, 0.29) is 11.9 Å². The molecule has 0 saturated carbocycles. The minimum absolute atomic E-state index is 0.0822. The van der Waals surface area contributed by atoms with E-state index in [9.17, 15) is 9.59 Å². The number of carbonyl (C=O) groups excluding carboxylic acids is 2. The molecule has 0 bridgehead atoms. The minimum atomic E-state index is -0.795. The molecular formula is C22H26N6O4. The van der Waals surface area contributed by atoms with E-state index in [2.05, 4.69) is 31.1 Å². The molecular weight excluding hydrogens is 412 g/mol. The van der Waals surface area contributed by atoms with Crippen LogP contribution in [0, 0.1) is 5.92 Å². The standard InChI is InChI=1S/C22H26N6O4/c1-13(2)18(24-22(30)23-14-8-6-5-7-9-14)20(29)26-21-25-19(27-28-21)16-11-10-15(31-3)12-17(16)32-4/h5-13,18H,1-4H3,(H2,23,24,30)(H2,25,26,27,28,29). The topological polar surface area (TPSA) is 130 Å². The minimum Gasteiger partial charge on any atom is -0.497 e. The number of methoxy groups -OCH3 is 2. The van der Waals surface area contributed by atoms with Crippen molar-refractivity contribution < 1.29 is 19.1 Å². The molecule has 3 rings (SSSR count). The molecule has 0 spiro atoms. The Morgan fingerprint density at radius 1 is 1.00 bits per heavy atom. The van der Waals surface area contributed by atoms with E-state index in [0.29, 0.717) is 28.6 Å². The Labute approximate surface area is 185 Å². The number of nitrogens with zero attached hydrogens (tertiary/aromatic N) is 2. The van der Waals surface area contributed by atoms with Gasteiger partial charge in [-0.1, -0.05) is 32.0 Å². The molecule has 0 aliphatic heterocycles. The molecule has 10 heteroatoms. The van der Waals surface area contributed by atoms with Gasteiger partial charge in [-0.15, -0.1) is 5.10 Å². The van der Waals surface area contributed by atoms with Crippen LogP contribution in [0.2, 0.25) is 0 Å². The molecule has 1 atom stereocenters. The van der Waals surface area contributed by atoms with Crippen molar-refractivity contribution in [1.82, 2.24) is 20.5 Å². The third-order valence-electron chi connectivity index (χ3n) is 4.65. The Hall–Kier alpha value is -4.08. The monoisotopic (exact) mass is 438 g/mol. The Bertz CT molecular complexity index is 1070. The highest BCUT2D eigenvalue weighted by molar-refractivity contribution is 5.98. The van der Waals surface area contributed by atoms with Gasteiger partial charge in [0.1, 0.15) is 17.5 Å². The zero-order chi connectivity index (χ0) is 23.1. The molecule has 0 fully saturated rings. The van der Waals surface area contributed by atoms with E-state index in [0.717, 1.165) is 0 Å². The number of aromatic nitrogens is 3. The van der Waals surface area contributed by atoms with Gasteiger partial charge in [-0.3, -0.25) is 15.2 Å². The molecule has 168 valence electrons. The molecule has 0 saturated heterocycles. The smallest absolute Gasteiger partial charge is 0.319 e. The summed E-state index contributed by atoms with van der Waals surface area (Å²) < 4.78 is 10.6. The zero-order valence-corrected chi connectivity index (χ0v) is 18.3. The van der Waals surface area contributed by atoms with Crippen LogP contribution in [0.3, 0.4) is 0 Å². The van der Waals surface area contributed by atoms with Crippen LogP contribution >= 0.6 is 0 Å². The van der Waals surface area contributed by atoms with Crippen LogP contribution < -0.4 is 25.4 Å². The molecule has 10 nitrogen and oxygen atoms in total. The van der Waals surface area contributed by atoms with Crippen molar-refractivity contribution in [2.75, 3.05) is 24.9 Å². The predicted molar refractivity (Wildman–Crippen MR) is 121 cm³/mol. The van der Waals surface area contributed by atoms with Crippen LogP contribution in [0.1, 0.15) is 13.8 Å². The van der Waals surface area contributed by atoms with Gasteiger partial charge in [-0.05, 0) is 30.2 Å². The summed E-state index contributed by atoms with van der Waals surface area (Å²) in [5, 5.41) is 14.9. The number of urea groups is 1. The summed E-state index contributed by atoms with van der Waals surface area (Å²) in [7, 11) is 3.10. The molecule has 3 aromatic rings. The van der Waals surface area contributed by atoms with Gasteiger partial charge >= 0.3 is 6.03 Å². The molecule has 1 aromatic heterocycles. The first-order chi connectivity index (χ1) is 15.4. The fourth-order valence-electron chi connectivity index (χ4n) is 2.99. The second kappa shape index (κ2) is 10.3. The van der Waals surface area contributed by atoms with Crippen LogP contribution in [0.15, 0.2) is 48.5 Å². The quantitative estimate of drug-likeness (QED) is 0.427. The molecule has 32 heavy (non-hydrogen) atoms. The SMILES string of the molecule is COc1ccc(-c2nc(NC(=O)C(NC(=O)Nc3ccccc3)C(C)C)n[nH]2)c(OC)c1. The van der Waals surface area contributed by atoms with E-state index in [1.165, 1.54) is 7.11 Å². The van der Waals surface area contributed by atoms with Crippen LogP contribution in [0.4, 0.5) is 16.4 Å². The summed E-state index contributed by atoms with van der Waals surface area (Å²) in [6, 6.07) is 13.0. The summed E-state index contributed by atoms with van der Waals surface area (Å²) in [6.07, 6.45) is 0. The normalized spacial score (nSPS) is 11.5. The van der Waals surface area contributed by atoms with E-state index in [4.69, 9.17) is 9.47 Å². The van der Waals surface area contributed by atoms with Crippen molar-refractivity contribution in [1.29, 1.82) is 0 Å². The van der Waals surface area contributed by atoms with Gasteiger partial charge < -0.3 is 20.1 Å². The lowest BCUT2D eigenvalue weighted by Gasteiger charge is -2.21. The van der Waals surface area contributed by atoms with Crippen molar-refractivity contribution in [2.45, 2.75) is 19.9 Å². The number of benzene rings is 2. The molecule has 4 N–H and O–H groups in total. The van der Waals surface area contributed by atoms with Crippen LogP contribution in [0.25, 0.3) is 11.4 Å². The third kappa shape index (κ3) is 5.54. The number of carbonyl (C=O) groups is 2. The maximum absolute atomic E-state index is 12.8. The maximum atomic E-state index is 12.8. The lowest BCUT2D eigenvalue weighted by Crippen LogP contribution is -2.48. The van der Waals surface area contributed by atoms with E-state index in [1.54, 1.807) is 49.6 Å². The molecule has 1 heterocycles. The van der Waals surface area contributed by atoms with Crippen LogP contribution in [0.5, 0.6) is 11.5 Å². The van der Waals surface area contributed by atoms with Gasteiger partial charge in [0.15, 0.2) is 5.82 Å². The van der Waals surface area contributed by atoms with Gasteiger partial charge in [0, 0.05) is 11.8 Å². The molecule has 2 aromatic carbocycles. The number of ether oxygens (including phenoxy) is 2. The average molecular weight is 438 g/mol. The van der Waals surface area contributed by atoms with Crippen molar-refractivity contribution in [3.8, 4) is 22.9 Å². The number of H-pyrrole nitrogens is 1. The van der Waals surface area contributed by atoms with Crippen molar-refractivity contribution in [3.05, 3.63) is 48.5 Å². The van der Waals surface area contributed by atoms with Gasteiger partial charge in [0.25, 0.3) is 0 Å². The van der Waals surface area contributed by atoms with Crippen molar-refractivity contribution in [3.63, 3.8) is 0 Å². The number of rotatable bonds is 8. The molecule has 0 aliphatic rings. The number of hydrogen-bond acceptors (Lipinski definition) is 6. The first kappa shape index (κ1) is 22.6. The molecule has 0 aliphatic carbocycles. The van der Waals surface area contributed by atoms with Gasteiger partial charge in [-0.2, -0.15) is 4.98 Å². The first-order valence-electron chi connectivity index (χ1n) is 9.99. The number of hydrogen-bond donors (Lipinski definition) is 4. The highest BCUT2D eigenvalue weighted by atomic mass is 16.5. The third-order valence-corrected chi connectivity index (χ3v) is 4.65. The second-order valence-corrected chi connectivity index (χ2v) is 7.25. The van der Waals surface area contributed by atoms with E-state index >= 15 is 0 Å². The Morgan fingerprint density at radius 3 is 2.41 bits per heavy atom. The Kier molecular flexibility index (Phi) is 7.27. The largest absolute Gasteiger partial charge is 0.497 e. The fraction of sp³-hybridized carbons (Fsp3) is 0.273. The highest BCUT2D eigenvalue weighted by Gasteiger charge is 2.25. The number of anilines is 2. The average Bonchev–Trinajstić information content (AvgIpc) is 3.25. The second-order valence-electron chi connectivity index (χ2n) is 7.25. The summed E-state index contributed by atoms with van der Waals surface area (Å²) in [5.74, 6) is 1.07. The summed E-state index contributed by atoms with van der Waals surface area (Å²) in [6.45, 7) is 3.66. The van der Waals surface area contributed by atoms with E-state index in [1.807, 2.05) is 19.9 Å². The predicted octanol–water partition coefficient (Wildman–Crippen LogP) is 3.27. The Morgan fingerprint density at radius 2 is 1.75 bits per heavy atom. The van der Waals surface area contributed by atoms with Gasteiger partial charge in [0.2, 0.25) is 11.9 Å². The summed E-state index contributed by atoms with van der Waals surface area (Å²) >= 11 is 0. The Balaban J connectivity index is 1.69. The van der Waals surface area contributed by atoms with E-state index < -0.39 is 18.0 Å². The van der Waals surface area contributed by atoms with Gasteiger partial charge in [0.05, 0.1) is 19.8 Å². The number of amides is 3. The molecule has 1 unspecified atom stereocenters. The van der Waals surface area contributed by atoms with Crippen LogP contribution in [-0.4, -0.2) is 47.4 Å². The first-order valence-corrected chi connectivity index (χ1v) is 9.99. The van der Waals surface area contributed by atoms with Crippen molar-refractivity contribution in [2.24, 2.45) is 5.92 Å². The van der Waals surface area contributed by atoms with Crippen molar-refractivity contribution >= 4 is 23.6 Å². The number of nitrogens with one attached hydrogen (secondary N) is 4. The maximum Gasteiger partial charge on any atom is 0.319 e. The van der Waals surface area contributed by atoms with Crippen LogP contribution in [-0.2, 0) is 4.79 Å². The zero-order valence-electron chi connectivity index (χ0n) is 18.3. The van der Waals surface area contributed by atoms with Gasteiger partial charge in [-0.25, -0.2) is 4.79 Å². The summed E-state index contributed by atoms with van der Waals surface area (Å²) in [5.41, 5.74) is 1.28. The number of para-hydroxylation sites is 1. The highest BCUT2D eigenvalue weighted by Crippen LogP contribution is 2.31. The lowest BCUT2D eigenvalue weighted by atomic mass is 10.0. The number of aromatic amines is 1. The lowest BCUT2D eigenvalue weighted by molar-refractivity contribution is -0.118. The summed E-state index contributed by atoms with van der Waals surface area (Å²) in [4.78, 5) is 29.5. The fourth-order valence-corrected chi connectivity index (χ4v) is 2.99. The molecule has 3 amide bonds.